The van der Waals surface area contributed by atoms with Crippen molar-refractivity contribution in [2.45, 2.75) is 33.5 Å². The van der Waals surface area contributed by atoms with Crippen LogP contribution >= 0.6 is 0 Å². The average molecular weight is 259 g/mol. The molecule has 0 saturated heterocycles. The summed E-state index contributed by atoms with van der Waals surface area (Å²) >= 11 is 0. The fraction of sp³-hybridized carbons (Fsp3) is 0.417. The first-order chi connectivity index (χ1) is 8.32. The summed E-state index contributed by atoms with van der Waals surface area (Å²) in [5, 5.41) is 0. The second kappa shape index (κ2) is 5.66. The highest BCUT2D eigenvalue weighted by molar-refractivity contribution is 5.98. The zero-order valence-corrected chi connectivity index (χ0v) is 10.4. The molecule has 0 aromatic heterocycles. The highest BCUT2D eigenvalue weighted by Gasteiger charge is 2.23. The molecular formula is C12H15F2NO3. The molecule has 0 aliphatic carbocycles. The van der Waals surface area contributed by atoms with Gasteiger partial charge < -0.3 is 15.2 Å². The summed E-state index contributed by atoms with van der Waals surface area (Å²) in [5.41, 5.74) is 5.89. The van der Waals surface area contributed by atoms with E-state index < -0.39 is 12.6 Å². The number of nitrogens with two attached hydrogens (primary N) is 1. The number of alkyl halides is 2. The predicted molar refractivity (Wildman–Crippen MR) is 62.8 cm³/mol. The number of esters is 1. The van der Waals surface area contributed by atoms with E-state index in [4.69, 9.17) is 10.5 Å². The topological polar surface area (TPSA) is 61.6 Å². The van der Waals surface area contributed by atoms with E-state index in [1.165, 1.54) is 12.1 Å². The van der Waals surface area contributed by atoms with Gasteiger partial charge in [0.1, 0.15) is 11.3 Å². The SMILES string of the molecule is Cc1ccc(N)c(C(=O)OC(C)C)c1OC(F)F. The van der Waals surface area contributed by atoms with Gasteiger partial charge in [0.2, 0.25) is 0 Å². The van der Waals surface area contributed by atoms with Crippen molar-refractivity contribution in [3.8, 4) is 5.75 Å². The van der Waals surface area contributed by atoms with Crippen LogP contribution in [0.5, 0.6) is 5.75 Å². The van der Waals surface area contributed by atoms with Gasteiger partial charge in [0.25, 0.3) is 0 Å². The minimum atomic E-state index is -3.03. The molecule has 1 rings (SSSR count). The smallest absolute Gasteiger partial charge is 0.387 e. The lowest BCUT2D eigenvalue weighted by molar-refractivity contribution is -0.0509. The van der Waals surface area contributed by atoms with Gasteiger partial charge in [-0.1, -0.05) is 6.07 Å². The maximum atomic E-state index is 12.3. The van der Waals surface area contributed by atoms with Gasteiger partial charge in [-0.25, -0.2) is 4.79 Å². The molecule has 0 aliphatic rings. The molecule has 1 aromatic rings. The third-order valence-electron chi connectivity index (χ3n) is 2.14. The van der Waals surface area contributed by atoms with Gasteiger partial charge in [0, 0.05) is 5.69 Å². The Morgan fingerprint density at radius 3 is 2.44 bits per heavy atom. The first-order valence-corrected chi connectivity index (χ1v) is 5.37. The van der Waals surface area contributed by atoms with E-state index >= 15 is 0 Å². The number of carbonyl (C=O) groups is 1. The zero-order valence-electron chi connectivity index (χ0n) is 10.4. The van der Waals surface area contributed by atoms with Crippen LogP contribution in [0.3, 0.4) is 0 Å². The van der Waals surface area contributed by atoms with Crippen LogP contribution in [-0.4, -0.2) is 18.7 Å². The van der Waals surface area contributed by atoms with Gasteiger partial charge in [-0.3, -0.25) is 0 Å². The summed E-state index contributed by atoms with van der Waals surface area (Å²) in [7, 11) is 0. The number of aryl methyl sites for hydroxylation is 1. The largest absolute Gasteiger partial charge is 0.459 e. The molecule has 6 heteroatoms. The Hall–Kier alpha value is -1.85. The Bertz CT molecular complexity index is 447. The molecule has 0 radical (unpaired) electrons. The number of nitrogen functional groups attached to an aromatic ring is 1. The van der Waals surface area contributed by atoms with Crippen molar-refractivity contribution in [3.63, 3.8) is 0 Å². The van der Waals surface area contributed by atoms with Crippen molar-refractivity contribution < 1.29 is 23.0 Å². The van der Waals surface area contributed by atoms with E-state index in [0.717, 1.165) is 0 Å². The van der Waals surface area contributed by atoms with E-state index in [2.05, 4.69) is 4.74 Å². The van der Waals surface area contributed by atoms with Crippen molar-refractivity contribution in [2.75, 3.05) is 5.73 Å². The summed E-state index contributed by atoms with van der Waals surface area (Å²) in [6, 6.07) is 2.95. The maximum Gasteiger partial charge on any atom is 0.387 e. The quantitative estimate of drug-likeness (QED) is 0.667. The highest BCUT2D eigenvalue weighted by atomic mass is 19.3. The molecule has 18 heavy (non-hydrogen) atoms. The van der Waals surface area contributed by atoms with Gasteiger partial charge in [-0.2, -0.15) is 8.78 Å². The molecular weight excluding hydrogens is 244 g/mol. The van der Waals surface area contributed by atoms with Crippen LogP contribution in [0.4, 0.5) is 14.5 Å². The third kappa shape index (κ3) is 3.32. The number of anilines is 1. The molecule has 0 spiro atoms. The van der Waals surface area contributed by atoms with Crippen LogP contribution in [-0.2, 0) is 4.74 Å². The summed E-state index contributed by atoms with van der Waals surface area (Å²) < 4.78 is 33.9. The van der Waals surface area contributed by atoms with Crippen LogP contribution in [0.25, 0.3) is 0 Å². The second-order valence-corrected chi connectivity index (χ2v) is 4.01. The van der Waals surface area contributed by atoms with Crippen LogP contribution < -0.4 is 10.5 Å². The molecule has 0 bridgehead atoms. The number of carbonyl (C=O) groups excluding carboxylic acids is 1. The molecule has 0 amide bonds. The van der Waals surface area contributed by atoms with E-state index in [9.17, 15) is 13.6 Å². The van der Waals surface area contributed by atoms with Crippen molar-refractivity contribution in [1.82, 2.24) is 0 Å². The highest BCUT2D eigenvalue weighted by Crippen LogP contribution is 2.31. The molecule has 2 N–H and O–H groups in total. The number of hydrogen-bond donors (Lipinski definition) is 1. The monoisotopic (exact) mass is 259 g/mol. The standard InChI is InChI=1S/C12H15F2NO3/c1-6(2)17-11(16)9-8(15)5-4-7(3)10(9)18-12(13)14/h4-6,12H,15H2,1-3H3. The third-order valence-corrected chi connectivity index (χ3v) is 2.14. The van der Waals surface area contributed by atoms with Crippen LogP contribution in [0.15, 0.2) is 12.1 Å². The Balaban J connectivity index is 3.22. The summed E-state index contributed by atoms with van der Waals surface area (Å²) in [6.07, 6.45) is -0.378. The average Bonchev–Trinajstić information content (AvgIpc) is 2.21. The lowest BCUT2D eigenvalue weighted by Gasteiger charge is -2.16. The molecule has 0 atom stereocenters. The van der Waals surface area contributed by atoms with E-state index in [0.29, 0.717) is 5.56 Å². The van der Waals surface area contributed by atoms with Crippen LogP contribution in [0.2, 0.25) is 0 Å². The van der Waals surface area contributed by atoms with Crippen molar-refractivity contribution in [1.29, 1.82) is 0 Å². The number of ether oxygens (including phenoxy) is 2. The number of halogens is 2. The minimum Gasteiger partial charge on any atom is -0.459 e. The van der Waals surface area contributed by atoms with E-state index in [1.54, 1.807) is 20.8 Å². The van der Waals surface area contributed by atoms with Crippen LogP contribution in [0.1, 0.15) is 29.8 Å². The molecule has 0 saturated carbocycles. The molecule has 0 unspecified atom stereocenters. The normalized spacial score (nSPS) is 10.8. The molecule has 0 heterocycles. The lowest BCUT2D eigenvalue weighted by Crippen LogP contribution is -2.17. The van der Waals surface area contributed by atoms with Crippen molar-refractivity contribution in [3.05, 3.63) is 23.3 Å². The molecule has 100 valence electrons. The second-order valence-electron chi connectivity index (χ2n) is 4.01. The summed E-state index contributed by atoms with van der Waals surface area (Å²) in [4.78, 5) is 11.8. The number of rotatable bonds is 4. The van der Waals surface area contributed by atoms with Crippen molar-refractivity contribution in [2.24, 2.45) is 0 Å². The Morgan fingerprint density at radius 2 is 1.94 bits per heavy atom. The molecule has 0 fully saturated rings. The van der Waals surface area contributed by atoms with Gasteiger partial charge >= 0.3 is 12.6 Å². The van der Waals surface area contributed by atoms with E-state index in [1.807, 2.05) is 0 Å². The summed E-state index contributed by atoms with van der Waals surface area (Å²) in [6.45, 7) is 1.81. The minimum absolute atomic E-state index is 0.0434. The summed E-state index contributed by atoms with van der Waals surface area (Å²) in [5.74, 6) is -1.02. The fourth-order valence-corrected chi connectivity index (χ4v) is 1.43. The lowest BCUT2D eigenvalue weighted by atomic mass is 10.1. The van der Waals surface area contributed by atoms with Crippen molar-refractivity contribution >= 4 is 11.7 Å². The maximum absolute atomic E-state index is 12.3. The number of benzene rings is 1. The first kappa shape index (κ1) is 14.2. The van der Waals surface area contributed by atoms with E-state index in [-0.39, 0.29) is 23.1 Å². The Kier molecular flexibility index (Phi) is 4.47. The predicted octanol–water partition coefficient (Wildman–Crippen LogP) is 2.74. The van der Waals surface area contributed by atoms with Gasteiger partial charge in [0.15, 0.2) is 0 Å². The molecule has 4 nitrogen and oxygen atoms in total. The fourth-order valence-electron chi connectivity index (χ4n) is 1.43. The van der Waals surface area contributed by atoms with Crippen LogP contribution in [0, 0.1) is 6.92 Å². The van der Waals surface area contributed by atoms with Gasteiger partial charge in [-0.05, 0) is 32.4 Å². The molecule has 1 aromatic carbocycles. The zero-order chi connectivity index (χ0) is 13.9. The molecule has 0 aliphatic heterocycles. The Morgan fingerprint density at radius 1 is 1.33 bits per heavy atom. The Labute approximate surface area is 104 Å². The van der Waals surface area contributed by atoms with Gasteiger partial charge in [-0.15, -0.1) is 0 Å². The number of hydrogen-bond acceptors (Lipinski definition) is 4. The van der Waals surface area contributed by atoms with Gasteiger partial charge in [0.05, 0.1) is 6.10 Å². The first-order valence-electron chi connectivity index (χ1n) is 5.37.